The zero-order valence-electron chi connectivity index (χ0n) is 33.7. The molecule has 0 aromatic heterocycles. The molecule has 314 valence electrons. The van der Waals surface area contributed by atoms with E-state index in [1.165, 1.54) is 44.9 Å². The first-order valence-corrected chi connectivity index (χ1v) is 22.0. The molecular formula is C42H75O11P. The van der Waals surface area contributed by atoms with Gasteiger partial charge >= 0.3 is 19.8 Å². The molecule has 4 atom stereocenters. The number of esters is 2. The van der Waals surface area contributed by atoms with Gasteiger partial charge in [0.2, 0.25) is 0 Å². The molecule has 12 heteroatoms. The Morgan fingerprint density at radius 1 is 0.648 bits per heavy atom. The predicted molar refractivity (Wildman–Crippen MR) is 216 cm³/mol. The van der Waals surface area contributed by atoms with Crippen LogP contribution in [0.5, 0.6) is 0 Å². The highest BCUT2D eigenvalue weighted by Crippen LogP contribution is 2.43. The van der Waals surface area contributed by atoms with E-state index in [0.29, 0.717) is 19.3 Å². The van der Waals surface area contributed by atoms with Crippen LogP contribution in [0.3, 0.4) is 0 Å². The van der Waals surface area contributed by atoms with Crippen molar-refractivity contribution in [2.75, 3.05) is 26.4 Å². The van der Waals surface area contributed by atoms with E-state index < -0.39 is 51.8 Å². The molecule has 0 aromatic rings. The van der Waals surface area contributed by atoms with Crippen LogP contribution in [0.25, 0.3) is 0 Å². The van der Waals surface area contributed by atoms with Crippen LogP contribution in [-0.2, 0) is 32.7 Å². The summed E-state index contributed by atoms with van der Waals surface area (Å²) in [6.45, 7) is 4.43. The van der Waals surface area contributed by atoms with Crippen molar-refractivity contribution in [2.24, 2.45) is 5.92 Å². The number of hydrogen-bond donors (Lipinski definition) is 4. The van der Waals surface area contributed by atoms with Crippen molar-refractivity contribution in [3.05, 3.63) is 48.6 Å². The van der Waals surface area contributed by atoms with Crippen LogP contribution in [-0.4, -0.2) is 76.9 Å². The summed E-state index contributed by atoms with van der Waals surface area (Å²) in [6, 6.07) is 0. The third kappa shape index (κ3) is 36.8. The van der Waals surface area contributed by atoms with Crippen LogP contribution in [0.15, 0.2) is 48.6 Å². The zero-order chi connectivity index (χ0) is 40.1. The molecule has 0 fully saturated rings. The van der Waals surface area contributed by atoms with Crippen molar-refractivity contribution < 1.29 is 52.9 Å². The van der Waals surface area contributed by atoms with Crippen LogP contribution in [0.2, 0.25) is 0 Å². The smallest absolute Gasteiger partial charge is 0.462 e. The second-order valence-corrected chi connectivity index (χ2v) is 15.8. The molecule has 0 radical (unpaired) electrons. The van der Waals surface area contributed by atoms with Crippen LogP contribution < -0.4 is 0 Å². The highest BCUT2D eigenvalue weighted by Gasteiger charge is 2.27. The Labute approximate surface area is 326 Å². The fourth-order valence-electron chi connectivity index (χ4n) is 5.25. The van der Waals surface area contributed by atoms with E-state index in [1.807, 2.05) is 24.3 Å². The van der Waals surface area contributed by atoms with Gasteiger partial charge in [-0.3, -0.25) is 18.6 Å². The summed E-state index contributed by atoms with van der Waals surface area (Å²) in [7, 11) is -4.64. The van der Waals surface area contributed by atoms with Gasteiger partial charge in [-0.25, -0.2) is 4.57 Å². The van der Waals surface area contributed by atoms with E-state index in [4.69, 9.17) is 19.1 Å². The van der Waals surface area contributed by atoms with Gasteiger partial charge in [-0.1, -0.05) is 146 Å². The lowest BCUT2D eigenvalue weighted by Gasteiger charge is -2.20. The van der Waals surface area contributed by atoms with E-state index in [0.717, 1.165) is 63.7 Å². The molecule has 0 saturated carbocycles. The Balaban J connectivity index is 4.45. The molecule has 0 rings (SSSR count). The van der Waals surface area contributed by atoms with Crippen molar-refractivity contribution in [3.8, 4) is 0 Å². The Morgan fingerprint density at radius 3 is 1.78 bits per heavy atom. The Hall–Kier alpha value is -2.11. The number of aliphatic hydroxyl groups excluding tert-OH is 3. The van der Waals surface area contributed by atoms with Gasteiger partial charge in [0.1, 0.15) is 12.7 Å². The van der Waals surface area contributed by atoms with E-state index >= 15 is 0 Å². The van der Waals surface area contributed by atoms with E-state index in [1.54, 1.807) is 0 Å². The molecule has 0 saturated heterocycles. The molecule has 4 N–H and O–H groups in total. The van der Waals surface area contributed by atoms with Crippen LogP contribution in [0.4, 0.5) is 0 Å². The van der Waals surface area contributed by atoms with Crippen molar-refractivity contribution in [3.63, 3.8) is 0 Å². The fourth-order valence-corrected chi connectivity index (χ4v) is 6.04. The van der Waals surface area contributed by atoms with Crippen molar-refractivity contribution in [2.45, 2.75) is 174 Å². The first-order valence-electron chi connectivity index (χ1n) is 20.5. The number of aliphatic hydroxyl groups is 3. The first kappa shape index (κ1) is 51.9. The molecule has 0 bridgehead atoms. The maximum absolute atomic E-state index is 12.6. The van der Waals surface area contributed by atoms with Crippen molar-refractivity contribution >= 4 is 19.8 Å². The number of carbonyl (C=O) groups excluding carboxylic acids is 2. The normalized spacial score (nSPS) is 15.1. The Bertz CT molecular complexity index is 1070. The van der Waals surface area contributed by atoms with E-state index in [2.05, 4.69) is 49.6 Å². The van der Waals surface area contributed by atoms with E-state index in [9.17, 15) is 29.3 Å². The topological polar surface area (TPSA) is 169 Å². The lowest BCUT2D eigenvalue weighted by molar-refractivity contribution is -0.161. The monoisotopic (exact) mass is 787 g/mol. The fraction of sp³-hybridized carbons (Fsp3) is 0.762. The molecular weight excluding hydrogens is 711 g/mol. The number of rotatable bonds is 37. The third-order valence-corrected chi connectivity index (χ3v) is 9.44. The van der Waals surface area contributed by atoms with Gasteiger partial charge in [0.15, 0.2) is 6.10 Å². The van der Waals surface area contributed by atoms with Crippen LogP contribution in [0, 0.1) is 5.92 Å². The summed E-state index contributed by atoms with van der Waals surface area (Å²) in [4.78, 5) is 34.9. The van der Waals surface area contributed by atoms with Crippen molar-refractivity contribution in [1.29, 1.82) is 0 Å². The molecule has 0 spiro atoms. The second-order valence-electron chi connectivity index (χ2n) is 14.3. The maximum atomic E-state index is 12.6. The molecule has 0 aliphatic carbocycles. The minimum Gasteiger partial charge on any atom is -0.462 e. The van der Waals surface area contributed by atoms with Gasteiger partial charge in [0.05, 0.1) is 25.9 Å². The maximum Gasteiger partial charge on any atom is 0.472 e. The van der Waals surface area contributed by atoms with Gasteiger partial charge < -0.3 is 29.7 Å². The molecule has 1 unspecified atom stereocenters. The molecule has 54 heavy (non-hydrogen) atoms. The number of allylic oxidation sites excluding steroid dienone is 7. The highest BCUT2D eigenvalue weighted by molar-refractivity contribution is 7.47. The minimum absolute atomic E-state index is 0.148. The zero-order valence-corrected chi connectivity index (χ0v) is 34.6. The minimum atomic E-state index is -4.64. The van der Waals surface area contributed by atoms with Gasteiger partial charge in [0, 0.05) is 12.8 Å². The Morgan fingerprint density at radius 2 is 1.19 bits per heavy atom. The summed E-state index contributed by atoms with van der Waals surface area (Å²) < 4.78 is 32.6. The number of unbranched alkanes of at least 4 members (excludes halogenated alkanes) is 11. The molecule has 11 nitrogen and oxygen atoms in total. The lowest BCUT2D eigenvalue weighted by Crippen LogP contribution is -2.29. The van der Waals surface area contributed by atoms with Gasteiger partial charge in [0.25, 0.3) is 0 Å². The summed E-state index contributed by atoms with van der Waals surface area (Å²) >= 11 is 0. The van der Waals surface area contributed by atoms with E-state index in [-0.39, 0.29) is 25.6 Å². The number of hydrogen-bond acceptors (Lipinski definition) is 10. The van der Waals surface area contributed by atoms with Gasteiger partial charge in [-0.15, -0.1) is 0 Å². The highest BCUT2D eigenvalue weighted by atomic mass is 31.2. The van der Waals surface area contributed by atoms with Crippen molar-refractivity contribution in [1.82, 2.24) is 0 Å². The summed E-state index contributed by atoms with van der Waals surface area (Å²) in [5, 5.41) is 28.1. The SMILES string of the molecule is CCCC[C@H](O)/C=C\C/C=C\C/C=C\C/C=C\CCCC(=O)OC[C@H](COP(=O)(O)OC[C@@H](O)CO)OC(=O)CCCCCCCCCCCCC(C)C. The summed E-state index contributed by atoms with van der Waals surface area (Å²) in [5.74, 6) is -0.238. The third-order valence-electron chi connectivity index (χ3n) is 8.48. The average Bonchev–Trinajstić information content (AvgIpc) is 3.14. The molecule has 0 aliphatic rings. The Kier molecular flexibility index (Phi) is 35.1. The standard InChI is InChI=1S/C42H75O11P/c1-4-5-29-38(44)30-25-21-17-13-8-6-7-9-14-18-22-26-31-41(46)50-35-40(36-52-54(48,49)51-34-39(45)33-43)53-42(47)32-27-23-19-15-11-10-12-16-20-24-28-37(2)3/h6-7,13-14,17-18,25,30,37-40,43-45H,4-5,8-12,15-16,19-24,26-29,31-36H2,1-3H3,(H,48,49)/b7-6-,17-13-,18-14-,30-25-/t38-,39-,40+/m0/s1. The number of carbonyl (C=O) groups is 2. The molecule has 0 heterocycles. The lowest BCUT2D eigenvalue weighted by atomic mass is 10.0. The van der Waals surface area contributed by atoms with Crippen LogP contribution >= 0.6 is 7.82 Å². The summed E-state index contributed by atoms with van der Waals surface area (Å²) in [5.41, 5.74) is 0. The first-order chi connectivity index (χ1) is 26.0. The summed E-state index contributed by atoms with van der Waals surface area (Å²) in [6.07, 6.45) is 32.9. The average molecular weight is 787 g/mol. The van der Waals surface area contributed by atoms with Gasteiger partial charge in [-0.2, -0.15) is 0 Å². The van der Waals surface area contributed by atoms with Crippen LogP contribution in [0.1, 0.15) is 156 Å². The molecule has 0 aromatic carbocycles. The molecule has 0 amide bonds. The second kappa shape index (κ2) is 36.5. The quantitative estimate of drug-likeness (QED) is 0.0205. The van der Waals surface area contributed by atoms with Gasteiger partial charge in [-0.05, 0) is 50.9 Å². The number of phosphoric ester groups is 1. The predicted octanol–water partition coefficient (Wildman–Crippen LogP) is 9.38. The molecule has 0 aliphatic heterocycles. The number of ether oxygens (including phenoxy) is 2. The largest absolute Gasteiger partial charge is 0.472 e. The number of phosphoric acid groups is 1.